The van der Waals surface area contributed by atoms with Gasteiger partial charge in [-0.05, 0) is 40.5 Å². The minimum absolute atomic E-state index is 0.204. The van der Waals surface area contributed by atoms with Gasteiger partial charge < -0.3 is 0 Å². The van der Waals surface area contributed by atoms with Crippen LogP contribution in [0.5, 0.6) is 0 Å². The topological polar surface area (TPSA) is 18.5 Å². The van der Waals surface area contributed by atoms with Crippen molar-refractivity contribution in [2.24, 2.45) is 0 Å². The fraction of sp³-hybridized carbons (Fsp3) is 1.00. The Morgan fingerprint density at radius 1 is 0.895 bits per heavy atom. The number of hydrogen-bond acceptors (Lipinski definition) is 2. The van der Waals surface area contributed by atoms with Crippen molar-refractivity contribution in [1.29, 1.82) is 0 Å². The predicted octanol–water partition coefficient (Wildman–Crippen LogP) is 6.03. The molecule has 0 N–H and O–H groups in total. The average Bonchev–Trinajstić information content (AvgIpc) is 2.34. The maximum Gasteiger partial charge on any atom is 0.110 e. The van der Waals surface area contributed by atoms with Crippen molar-refractivity contribution in [3.63, 3.8) is 0 Å². The van der Waals surface area contributed by atoms with E-state index in [4.69, 9.17) is 9.78 Å². The lowest BCUT2D eigenvalue weighted by molar-refractivity contribution is -0.401. The van der Waals surface area contributed by atoms with Gasteiger partial charge in [-0.3, -0.25) is 0 Å². The largest absolute Gasteiger partial charge is 0.230 e. The minimum Gasteiger partial charge on any atom is -0.230 e. The van der Waals surface area contributed by atoms with Gasteiger partial charge in [0.05, 0.1) is 5.60 Å². The zero-order chi connectivity index (χ0) is 14.9. The van der Waals surface area contributed by atoms with Gasteiger partial charge in [-0.2, -0.15) is 0 Å². The summed E-state index contributed by atoms with van der Waals surface area (Å²) in [4.78, 5) is 11.8. The summed E-state index contributed by atoms with van der Waals surface area (Å²) in [6.07, 6.45) is 8.27. The predicted molar refractivity (Wildman–Crippen MR) is 86.7 cm³/mol. The minimum atomic E-state index is -0.294. The van der Waals surface area contributed by atoms with Crippen LogP contribution in [0, 0.1) is 0 Å². The summed E-state index contributed by atoms with van der Waals surface area (Å²) in [5.74, 6) is 0. The van der Waals surface area contributed by atoms with Gasteiger partial charge in [-0.15, -0.1) is 0 Å². The normalized spacial score (nSPS) is 14.7. The molecule has 0 aliphatic carbocycles. The summed E-state index contributed by atoms with van der Waals surface area (Å²) in [5, 5.41) is 0. The molecule has 0 aromatic carbocycles. The van der Waals surface area contributed by atoms with E-state index in [2.05, 4.69) is 57.5 Å². The first-order valence-electron chi connectivity index (χ1n) is 7.76. The van der Waals surface area contributed by atoms with Crippen LogP contribution in [-0.4, -0.2) is 16.0 Å². The summed E-state index contributed by atoms with van der Waals surface area (Å²) in [6.45, 7) is 12.8. The SMILES string of the molecule is CCCCCC(C)(C)OOC(C)(C)C(Br)CCCC. The number of rotatable bonds is 11. The second-order valence-corrected chi connectivity index (χ2v) is 7.70. The highest BCUT2D eigenvalue weighted by molar-refractivity contribution is 9.09. The maximum atomic E-state index is 5.74. The molecule has 2 nitrogen and oxygen atoms in total. The second kappa shape index (κ2) is 9.36. The Morgan fingerprint density at radius 3 is 2.00 bits per heavy atom. The Bertz CT molecular complexity index is 227. The Balaban J connectivity index is 4.12. The smallest absolute Gasteiger partial charge is 0.110 e. The van der Waals surface area contributed by atoms with E-state index >= 15 is 0 Å². The van der Waals surface area contributed by atoms with Gasteiger partial charge in [-0.25, -0.2) is 9.78 Å². The van der Waals surface area contributed by atoms with E-state index < -0.39 is 0 Å². The van der Waals surface area contributed by atoms with Gasteiger partial charge in [0, 0.05) is 4.83 Å². The van der Waals surface area contributed by atoms with Gasteiger partial charge in [0.2, 0.25) is 0 Å². The van der Waals surface area contributed by atoms with Crippen LogP contribution in [0.4, 0.5) is 0 Å². The van der Waals surface area contributed by atoms with E-state index in [-0.39, 0.29) is 11.2 Å². The third-order valence-electron chi connectivity index (χ3n) is 3.43. The van der Waals surface area contributed by atoms with E-state index in [1.807, 2.05) is 0 Å². The summed E-state index contributed by atoms with van der Waals surface area (Å²) in [6, 6.07) is 0. The third-order valence-corrected chi connectivity index (χ3v) is 4.99. The Hall–Kier alpha value is 0.400. The van der Waals surface area contributed by atoms with E-state index in [1.54, 1.807) is 0 Å². The number of alkyl halides is 1. The highest BCUT2D eigenvalue weighted by atomic mass is 79.9. The quantitative estimate of drug-likeness (QED) is 0.198. The van der Waals surface area contributed by atoms with Crippen LogP contribution in [0.2, 0.25) is 0 Å². The molecule has 0 spiro atoms. The summed E-state index contributed by atoms with van der Waals surface area (Å²) in [7, 11) is 0. The molecule has 1 unspecified atom stereocenters. The molecule has 0 radical (unpaired) electrons. The third kappa shape index (κ3) is 9.04. The standard InChI is InChI=1S/C16H33BrO2/c1-7-9-11-13-15(3,4)18-19-16(5,6)14(17)12-10-8-2/h14H,7-13H2,1-6H3. The van der Waals surface area contributed by atoms with Crippen molar-refractivity contribution in [3.05, 3.63) is 0 Å². The lowest BCUT2D eigenvalue weighted by Crippen LogP contribution is -2.39. The van der Waals surface area contributed by atoms with Crippen molar-refractivity contribution in [2.75, 3.05) is 0 Å². The van der Waals surface area contributed by atoms with Crippen LogP contribution >= 0.6 is 15.9 Å². The zero-order valence-electron chi connectivity index (χ0n) is 13.7. The highest BCUT2D eigenvalue weighted by Gasteiger charge is 2.32. The lowest BCUT2D eigenvalue weighted by atomic mass is 10.00. The molecule has 0 saturated carbocycles. The molecule has 0 aliphatic heterocycles. The summed E-state index contributed by atoms with van der Waals surface area (Å²) in [5.41, 5.74) is -0.499. The van der Waals surface area contributed by atoms with Crippen LogP contribution < -0.4 is 0 Å². The molecular weight excluding hydrogens is 304 g/mol. The monoisotopic (exact) mass is 336 g/mol. The van der Waals surface area contributed by atoms with Gasteiger partial charge in [0.1, 0.15) is 5.60 Å². The number of hydrogen-bond donors (Lipinski definition) is 0. The highest BCUT2D eigenvalue weighted by Crippen LogP contribution is 2.29. The lowest BCUT2D eigenvalue weighted by Gasteiger charge is -2.33. The maximum absolute atomic E-state index is 5.74. The number of unbranched alkanes of at least 4 members (excludes halogenated alkanes) is 3. The molecule has 0 aliphatic rings. The molecule has 0 rings (SSSR count). The Kier molecular flexibility index (Phi) is 9.55. The Labute approximate surface area is 128 Å². The molecule has 0 aromatic heterocycles. The van der Waals surface area contributed by atoms with E-state index in [1.165, 1.54) is 32.1 Å². The zero-order valence-corrected chi connectivity index (χ0v) is 15.3. The Morgan fingerprint density at radius 2 is 1.47 bits per heavy atom. The van der Waals surface area contributed by atoms with Crippen molar-refractivity contribution >= 4 is 15.9 Å². The molecule has 0 bridgehead atoms. The molecule has 0 saturated heterocycles. The van der Waals surface area contributed by atoms with Gasteiger partial charge in [-0.1, -0.05) is 61.9 Å². The fourth-order valence-electron chi connectivity index (χ4n) is 1.85. The molecular formula is C16H33BrO2. The summed E-state index contributed by atoms with van der Waals surface area (Å²) < 4.78 is 0. The molecule has 0 amide bonds. The molecule has 3 heteroatoms. The van der Waals surface area contributed by atoms with Crippen molar-refractivity contribution < 1.29 is 9.78 Å². The van der Waals surface area contributed by atoms with E-state index in [0.717, 1.165) is 12.8 Å². The van der Waals surface area contributed by atoms with Gasteiger partial charge >= 0.3 is 0 Å². The average molecular weight is 337 g/mol. The van der Waals surface area contributed by atoms with Crippen LogP contribution in [0.3, 0.4) is 0 Å². The number of halogens is 1. The first-order valence-corrected chi connectivity index (χ1v) is 8.67. The van der Waals surface area contributed by atoms with Gasteiger partial charge in [0.25, 0.3) is 0 Å². The molecule has 0 aromatic rings. The first kappa shape index (κ1) is 19.4. The van der Waals surface area contributed by atoms with Crippen LogP contribution in [0.1, 0.15) is 86.5 Å². The molecule has 1 atom stereocenters. The molecule has 0 heterocycles. The van der Waals surface area contributed by atoms with Crippen molar-refractivity contribution in [3.8, 4) is 0 Å². The molecule has 19 heavy (non-hydrogen) atoms. The van der Waals surface area contributed by atoms with Crippen molar-refractivity contribution in [2.45, 2.75) is 103 Å². The van der Waals surface area contributed by atoms with Crippen LogP contribution in [-0.2, 0) is 9.78 Å². The van der Waals surface area contributed by atoms with E-state index in [9.17, 15) is 0 Å². The van der Waals surface area contributed by atoms with Crippen LogP contribution in [0.15, 0.2) is 0 Å². The molecule has 116 valence electrons. The summed E-state index contributed by atoms with van der Waals surface area (Å²) >= 11 is 3.73. The first-order chi connectivity index (χ1) is 8.75. The van der Waals surface area contributed by atoms with E-state index in [0.29, 0.717) is 4.83 Å². The van der Waals surface area contributed by atoms with Gasteiger partial charge in [0.15, 0.2) is 0 Å². The van der Waals surface area contributed by atoms with Crippen molar-refractivity contribution in [1.82, 2.24) is 0 Å². The fourth-order valence-corrected chi connectivity index (χ4v) is 2.25. The molecule has 0 fully saturated rings. The second-order valence-electron chi connectivity index (χ2n) is 6.60. The van der Waals surface area contributed by atoms with Crippen LogP contribution in [0.25, 0.3) is 0 Å².